The van der Waals surface area contributed by atoms with Gasteiger partial charge in [0, 0.05) is 30.7 Å². The van der Waals surface area contributed by atoms with Crippen LogP contribution in [0.25, 0.3) is 0 Å². The first-order valence-corrected chi connectivity index (χ1v) is 8.43. The molecule has 3 N–H and O–H groups in total. The second kappa shape index (κ2) is 8.48. The Morgan fingerprint density at radius 2 is 1.84 bits per heavy atom. The molecular formula is C20H26ClN3O. The van der Waals surface area contributed by atoms with Crippen LogP contribution in [0.15, 0.2) is 48.5 Å². The van der Waals surface area contributed by atoms with Crippen LogP contribution in [-0.4, -0.2) is 36.5 Å². The Hall–Kier alpha value is -1.88. The molecule has 2 aromatic rings. The van der Waals surface area contributed by atoms with E-state index in [9.17, 15) is 4.79 Å². The molecule has 3 rings (SSSR count). The number of benzene rings is 2. The first-order valence-electron chi connectivity index (χ1n) is 8.43. The van der Waals surface area contributed by atoms with Crippen molar-refractivity contribution in [1.82, 2.24) is 4.90 Å². The first kappa shape index (κ1) is 19.4. The summed E-state index contributed by atoms with van der Waals surface area (Å²) < 4.78 is 0. The number of carbonyl (C=O) groups is 1. The molecule has 25 heavy (non-hydrogen) atoms. The minimum atomic E-state index is 0. The molecule has 0 unspecified atom stereocenters. The molecule has 1 amide bonds. The molecule has 0 bridgehead atoms. The van der Waals surface area contributed by atoms with Gasteiger partial charge in [-0.05, 0) is 36.6 Å². The van der Waals surface area contributed by atoms with Crippen LogP contribution in [0.4, 0.5) is 5.69 Å². The van der Waals surface area contributed by atoms with Crippen molar-refractivity contribution in [2.24, 2.45) is 5.73 Å². The number of likely N-dealkylation sites (tertiary alicyclic amines) is 1. The van der Waals surface area contributed by atoms with Gasteiger partial charge in [0.15, 0.2) is 0 Å². The van der Waals surface area contributed by atoms with Gasteiger partial charge in [-0.3, -0.25) is 9.69 Å². The highest BCUT2D eigenvalue weighted by atomic mass is 35.5. The topological polar surface area (TPSA) is 58.4 Å². The van der Waals surface area contributed by atoms with Gasteiger partial charge < -0.3 is 11.1 Å². The summed E-state index contributed by atoms with van der Waals surface area (Å²) in [6.45, 7) is 6.03. The minimum absolute atomic E-state index is 0. The molecule has 0 aromatic heterocycles. The molecule has 1 heterocycles. The standard InChI is InChI=1S/C20H25N3O.ClH/c1-14-7-6-10-19(15(14)2)22-20(24)13-23-11-17(18(21)12-23)16-8-4-3-5-9-16;/h3-10,17-18H,11-13,21H2,1-2H3,(H,22,24);1H/t17-,18+;/m0./s1. The Morgan fingerprint density at radius 1 is 1.12 bits per heavy atom. The second-order valence-electron chi connectivity index (χ2n) is 6.67. The SMILES string of the molecule is Cc1cccc(NC(=O)CN2C[C@@H](N)[C@H](c3ccccc3)C2)c1C.Cl. The fourth-order valence-electron chi connectivity index (χ4n) is 3.37. The van der Waals surface area contributed by atoms with Gasteiger partial charge >= 0.3 is 0 Å². The van der Waals surface area contributed by atoms with E-state index in [0.29, 0.717) is 12.5 Å². The highest BCUT2D eigenvalue weighted by molar-refractivity contribution is 5.93. The third kappa shape index (κ3) is 4.60. The number of aryl methyl sites for hydroxylation is 1. The van der Waals surface area contributed by atoms with E-state index in [1.54, 1.807) is 0 Å². The Bertz CT molecular complexity index is 720. The van der Waals surface area contributed by atoms with E-state index in [1.807, 2.05) is 37.3 Å². The highest BCUT2D eigenvalue weighted by Crippen LogP contribution is 2.26. The monoisotopic (exact) mass is 359 g/mol. The van der Waals surface area contributed by atoms with Crippen molar-refractivity contribution in [3.8, 4) is 0 Å². The van der Waals surface area contributed by atoms with Crippen molar-refractivity contribution in [3.05, 3.63) is 65.2 Å². The highest BCUT2D eigenvalue weighted by Gasteiger charge is 2.32. The van der Waals surface area contributed by atoms with Gasteiger partial charge in [0.05, 0.1) is 6.54 Å². The van der Waals surface area contributed by atoms with Crippen molar-refractivity contribution in [3.63, 3.8) is 0 Å². The van der Waals surface area contributed by atoms with Crippen LogP contribution in [0.5, 0.6) is 0 Å². The van der Waals surface area contributed by atoms with E-state index in [-0.39, 0.29) is 24.4 Å². The fraction of sp³-hybridized carbons (Fsp3) is 0.350. The molecule has 4 nitrogen and oxygen atoms in total. The lowest BCUT2D eigenvalue weighted by Crippen LogP contribution is -2.33. The summed E-state index contributed by atoms with van der Waals surface area (Å²) in [5.41, 5.74) is 10.7. The number of halogens is 1. The van der Waals surface area contributed by atoms with Crippen LogP contribution in [0.3, 0.4) is 0 Å². The molecule has 1 saturated heterocycles. The summed E-state index contributed by atoms with van der Waals surface area (Å²) in [5.74, 6) is 0.310. The molecule has 5 heteroatoms. The molecule has 2 aromatic carbocycles. The summed E-state index contributed by atoms with van der Waals surface area (Å²) >= 11 is 0. The zero-order valence-electron chi connectivity index (χ0n) is 14.7. The van der Waals surface area contributed by atoms with Crippen molar-refractivity contribution >= 4 is 24.0 Å². The van der Waals surface area contributed by atoms with E-state index in [1.165, 1.54) is 11.1 Å². The largest absolute Gasteiger partial charge is 0.326 e. The predicted molar refractivity (Wildman–Crippen MR) is 105 cm³/mol. The zero-order valence-corrected chi connectivity index (χ0v) is 15.6. The van der Waals surface area contributed by atoms with Crippen LogP contribution < -0.4 is 11.1 Å². The molecule has 1 fully saturated rings. The average Bonchev–Trinajstić information content (AvgIpc) is 2.93. The van der Waals surface area contributed by atoms with Crippen molar-refractivity contribution in [2.45, 2.75) is 25.8 Å². The van der Waals surface area contributed by atoms with Crippen LogP contribution in [0.1, 0.15) is 22.6 Å². The number of hydrogen-bond acceptors (Lipinski definition) is 3. The lowest BCUT2D eigenvalue weighted by molar-refractivity contribution is -0.117. The number of anilines is 1. The zero-order chi connectivity index (χ0) is 17.1. The summed E-state index contributed by atoms with van der Waals surface area (Å²) in [5, 5.41) is 3.03. The van der Waals surface area contributed by atoms with Gasteiger partial charge in [-0.15, -0.1) is 12.4 Å². The number of nitrogens with one attached hydrogen (secondary N) is 1. The van der Waals surface area contributed by atoms with Crippen LogP contribution in [-0.2, 0) is 4.79 Å². The predicted octanol–water partition coefficient (Wildman–Crippen LogP) is 3.09. The number of nitrogens with two attached hydrogens (primary N) is 1. The third-order valence-electron chi connectivity index (χ3n) is 4.91. The van der Waals surface area contributed by atoms with Gasteiger partial charge in [0.2, 0.25) is 5.91 Å². The van der Waals surface area contributed by atoms with E-state index in [4.69, 9.17) is 5.73 Å². The van der Waals surface area contributed by atoms with Crippen LogP contribution >= 0.6 is 12.4 Å². The summed E-state index contributed by atoms with van der Waals surface area (Å²) in [6.07, 6.45) is 0. The Morgan fingerprint density at radius 3 is 2.56 bits per heavy atom. The van der Waals surface area contributed by atoms with E-state index in [2.05, 4.69) is 35.3 Å². The van der Waals surface area contributed by atoms with Gasteiger partial charge in [-0.2, -0.15) is 0 Å². The lowest BCUT2D eigenvalue weighted by atomic mass is 9.95. The molecule has 2 atom stereocenters. The van der Waals surface area contributed by atoms with Crippen LogP contribution in [0, 0.1) is 13.8 Å². The molecule has 1 aliphatic heterocycles. The maximum absolute atomic E-state index is 12.4. The van der Waals surface area contributed by atoms with Gasteiger partial charge in [-0.1, -0.05) is 42.5 Å². The van der Waals surface area contributed by atoms with E-state index in [0.717, 1.165) is 24.3 Å². The van der Waals surface area contributed by atoms with Crippen molar-refractivity contribution in [1.29, 1.82) is 0 Å². The number of carbonyl (C=O) groups excluding carboxylic acids is 1. The minimum Gasteiger partial charge on any atom is -0.326 e. The van der Waals surface area contributed by atoms with E-state index >= 15 is 0 Å². The lowest BCUT2D eigenvalue weighted by Gasteiger charge is -2.17. The molecule has 0 radical (unpaired) electrons. The quantitative estimate of drug-likeness (QED) is 0.881. The Balaban J connectivity index is 0.00000225. The molecule has 134 valence electrons. The normalized spacial score (nSPS) is 20.1. The number of nitrogens with zero attached hydrogens (tertiary/aromatic N) is 1. The van der Waals surface area contributed by atoms with Gasteiger partial charge in [-0.25, -0.2) is 0 Å². The number of hydrogen-bond donors (Lipinski definition) is 2. The second-order valence-corrected chi connectivity index (χ2v) is 6.67. The molecule has 0 aliphatic carbocycles. The summed E-state index contributed by atoms with van der Waals surface area (Å²) in [7, 11) is 0. The van der Waals surface area contributed by atoms with Gasteiger partial charge in [0.1, 0.15) is 0 Å². The molecule has 0 saturated carbocycles. The third-order valence-corrected chi connectivity index (χ3v) is 4.91. The Labute approximate surface area is 155 Å². The molecular weight excluding hydrogens is 334 g/mol. The maximum atomic E-state index is 12.4. The van der Waals surface area contributed by atoms with Crippen molar-refractivity contribution < 1.29 is 4.79 Å². The number of rotatable bonds is 4. The summed E-state index contributed by atoms with van der Waals surface area (Å²) in [4.78, 5) is 14.5. The fourth-order valence-corrected chi connectivity index (χ4v) is 3.37. The number of amides is 1. The van der Waals surface area contributed by atoms with Crippen LogP contribution in [0.2, 0.25) is 0 Å². The first-order chi connectivity index (χ1) is 11.5. The smallest absolute Gasteiger partial charge is 0.238 e. The van der Waals surface area contributed by atoms with Crippen molar-refractivity contribution in [2.75, 3.05) is 25.0 Å². The summed E-state index contributed by atoms with van der Waals surface area (Å²) in [6, 6.07) is 16.4. The Kier molecular flexibility index (Phi) is 6.59. The molecule has 1 aliphatic rings. The molecule has 0 spiro atoms. The van der Waals surface area contributed by atoms with E-state index < -0.39 is 0 Å². The van der Waals surface area contributed by atoms with Gasteiger partial charge in [0.25, 0.3) is 0 Å². The maximum Gasteiger partial charge on any atom is 0.238 e. The average molecular weight is 360 g/mol.